The number of halogens is 1. The van der Waals surface area contributed by atoms with Gasteiger partial charge >= 0.3 is 0 Å². The average Bonchev–Trinajstić information content (AvgIpc) is 3.04. The molecule has 0 bridgehead atoms. The highest BCUT2D eigenvalue weighted by molar-refractivity contribution is 9.10. The fourth-order valence-corrected chi connectivity index (χ4v) is 2.20. The zero-order valence-corrected chi connectivity index (χ0v) is 11.1. The van der Waals surface area contributed by atoms with Crippen LogP contribution in [0.1, 0.15) is 32.6 Å². The second kappa shape index (κ2) is 5.04. The molecule has 2 rings (SSSR count). The molecule has 0 amide bonds. The van der Waals surface area contributed by atoms with Crippen LogP contribution in [-0.2, 0) is 0 Å². The van der Waals surface area contributed by atoms with E-state index in [-0.39, 0.29) is 0 Å². The standard InChI is InChI=1S/C12H18BrN3/c1-2-10(5-8-3-4-8)16-12-11(14)6-9(13)7-15-12/h6-8,10H,2-5,14H2,1H3,(H,15,16). The lowest BCUT2D eigenvalue weighted by Gasteiger charge is -2.18. The molecule has 0 aliphatic heterocycles. The number of aromatic nitrogens is 1. The van der Waals surface area contributed by atoms with Crippen LogP contribution in [0.4, 0.5) is 11.5 Å². The van der Waals surface area contributed by atoms with Crippen molar-refractivity contribution >= 4 is 27.4 Å². The number of rotatable bonds is 5. The molecule has 1 aliphatic carbocycles. The molecule has 0 spiro atoms. The Bertz CT molecular complexity index is 363. The third kappa shape index (κ3) is 3.11. The second-order valence-electron chi connectivity index (χ2n) is 4.52. The molecule has 88 valence electrons. The van der Waals surface area contributed by atoms with E-state index in [4.69, 9.17) is 5.73 Å². The van der Waals surface area contributed by atoms with E-state index in [1.807, 2.05) is 6.07 Å². The zero-order valence-electron chi connectivity index (χ0n) is 9.54. The molecule has 0 radical (unpaired) electrons. The predicted molar refractivity (Wildman–Crippen MR) is 71.4 cm³/mol. The van der Waals surface area contributed by atoms with Crippen molar-refractivity contribution in [1.82, 2.24) is 4.98 Å². The first-order valence-corrected chi connectivity index (χ1v) is 6.66. The molecular formula is C12H18BrN3. The molecule has 1 atom stereocenters. The van der Waals surface area contributed by atoms with Gasteiger partial charge in [-0.1, -0.05) is 19.8 Å². The van der Waals surface area contributed by atoms with Crippen molar-refractivity contribution in [3.63, 3.8) is 0 Å². The van der Waals surface area contributed by atoms with Gasteiger partial charge in [-0.05, 0) is 40.8 Å². The quantitative estimate of drug-likeness (QED) is 0.871. The van der Waals surface area contributed by atoms with Crippen LogP contribution in [-0.4, -0.2) is 11.0 Å². The molecule has 1 aliphatic rings. The highest BCUT2D eigenvalue weighted by Gasteiger charge is 2.25. The third-order valence-corrected chi connectivity index (χ3v) is 3.47. The molecule has 1 aromatic rings. The van der Waals surface area contributed by atoms with E-state index in [2.05, 4.69) is 33.2 Å². The molecule has 1 fully saturated rings. The van der Waals surface area contributed by atoms with E-state index in [1.165, 1.54) is 19.3 Å². The van der Waals surface area contributed by atoms with E-state index >= 15 is 0 Å². The maximum absolute atomic E-state index is 5.92. The number of nitrogens with one attached hydrogen (secondary N) is 1. The van der Waals surface area contributed by atoms with Crippen LogP contribution in [0, 0.1) is 5.92 Å². The predicted octanol–water partition coefficient (Wildman–Crippen LogP) is 3.42. The Morgan fingerprint density at radius 1 is 1.62 bits per heavy atom. The Kier molecular flexibility index (Phi) is 3.69. The Morgan fingerprint density at radius 3 is 2.94 bits per heavy atom. The van der Waals surface area contributed by atoms with E-state index in [0.717, 1.165) is 22.6 Å². The van der Waals surface area contributed by atoms with Crippen LogP contribution >= 0.6 is 15.9 Å². The minimum absolute atomic E-state index is 0.503. The molecule has 1 saturated carbocycles. The fraction of sp³-hybridized carbons (Fsp3) is 0.583. The normalized spacial score (nSPS) is 17.1. The molecule has 0 aromatic carbocycles. The molecule has 1 aromatic heterocycles. The Balaban J connectivity index is 1.99. The van der Waals surface area contributed by atoms with Crippen molar-refractivity contribution in [3.05, 3.63) is 16.7 Å². The summed E-state index contributed by atoms with van der Waals surface area (Å²) in [7, 11) is 0. The first-order valence-electron chi connectivity index (χ1n) is 5.86. The maximum Gasteiger partial charge on any atom is 0.149 e. The number of nitrogens with zero attached hydrogens (tertiary/aromatic N) is 1. The monoisotopic (exact) mass is 283 g/mol. The molecule has 3 nitrogen and oxygen atoms in total. The largest absolute Gasteiger partial charge is 0.396 e. The van der Waals surface area contributed by atoms with E-state index in [9.17, 15) is 0 Å². The minimum atomic E-state index is 0.503. The molecule has 1 unspecified atom stereocenters. The summed E-state index contributed by atoms with van der Waals surface area (Å²) < 4.78 is 0.922. The van der Waals surface area contributed by atoms with Crippen LogP contribution in [0.5, 0.6) is 0 Å². The molecule has 0 saturated heterocycles. The number of anilines is 2. The van der Waals surface area contributed by atoms with Gasteiger partial charge in [0.15, 0.2) is 0 Å². The van der Waals surface area contributed by atoms with Crippen LogP contribution < -0.4 is 11.1 Å². The molecule has 1 heterocycles. The summed E-state index contributed by atoms with van der Waals surface area (Å²) in [4.78, 5) is 4.31. The van der Waals surface area contributed by atoms with Gasteiger partial charge in [0.05, 0.1) is 5.69 Å². The van der Waals surface area contributed by atoms with E-state index < -0.39 is 0 Å². The molecule has 16 heavy (non-hydrogen) atoms. The summed E-state index contributed by atoms with van der Waals surface area (Å²) in [6.45, 7) is 2.20. The summed E-state index contributed by atoms with van der Waals surface area (Å²) in [6.07, 6.45) is 6.92. The molecule has 4 heteroatoms. The summed E-state index contributed by atoms with van der Waals surface area (Å²) in [5.74, 6) is 1.74. The number of nitrogens with two attached hydrogens (primary N) is 1. The van der Waals surface area contributed by atoms with Crippen LogP contribution in [0.15, 0.2) is 16.7 Å². The highest BCUT2D eigenvalue weighted by atomic mass is 79.9. The number of nitrogen functional groups attached to an aromatic ring is 1. The third-order valence-electron chi connectivity index (χ3n) is 3.03. The summed E-state index contributed by atoms with van der Waals surface area (Å²) in [5, 5.41) is 3.44. The van der Waals surface area contributed by atoms with Gasteiger partial charge in [-0.15, -0.1) is 0 Å². The summed E-state index contributed by atoms with van der Waals surface area (Å²) >= 11 is 3.36. The van der Waals surface area contributed by atoms with Crippen LogP contribution in [0.25, 0.3) is 0 Å². The lowest BCUT2D eigenvalue weighted by molar-refractivity contribution is 0.585. The number of hydrogen-bond acceptors (Lipinski definition) is 3. The van der Waals surface area contributed by atoms with E-state index in [1.54, 1.807) is 6.20 Å². The number of pyridine rings is 1. The van der Waals surface area contributed by atoms with Gasteiger partial charge in [-0.2, -0.15) is 0 Å². The van der Waals surface area contributed by atoms with Gasteiger partial charge in [0.2, 0.25) is 0 Å². The van der Waals surface area contributed by atoms with Crippen molar-refractivity contribution < 1.29 is 0 Å². The fourth-order valence-electron chi connectivity index (χ4n) is 1.85. The van der Waals surface area contributed by atoms with Crippen LogP contribution in [0.3, 0.4) is 0 Å². The highest BCUT2D eigenvalue weighted by Crippen LogP contribution is 2.35. The number of hydrogen-bond donors (Lipinski definition) is 2. The summed E-state index contributed by atoms with van der Waals surface area (Å²) in [6, 6.07) is 2.39. The summed E-state index contributed by atoms with van der Waals surface area (Å²) in [5.41, 5.74) is 6.63. The van der Waals surface area contributed by atoms with Gasteiger partial charge < -0.3 is 11.1 Å². The van der Waals surface area contributed by atoms with Crippen molar-refractivity contribution in [2.45, 2.75) is 38.6 Å². The Morgan fingerprint density at radius 2 is 2.38 bits per heavy atom. The lowest BCUT2D eigenvalue weighted by Crippen LogP contribution is -2.20. The SMILES string of the molecule is CCC(CC1CC1)Nc1ncc(Br)cc1N. The second-order valence-corrected chi connectivity index (χ2v) is 5.44. The molecular weight excluding hydrogens is 266 g/mol. The topological polar surface area (TPSA) is 50.9 Å². The van der Waals surface area contributed by atoms with Gasteiger partial charge in [-0.25, -0.2) is 4.98 Å². The first kappa shape index (κ1) is 11.7. The van der Waals surface area contributed by atoms with Crippen molar-refractivity contribution in [2.75, 3.05) is 11.1 Å². The van der Waals surface area contributed by atoms with Gasteiger partial charge in [-0.3, -0.25) is 0 Å². The smallest absolute Gasteiger partial charge is 0.149 e. The van der Waals surface area contributed by atoms with Crippen molar-refractivity contribution in [2.24, 2.45) is 5.92 Å². The van der Waals surface area contributed by atoms with Crippen molar-refractivity contribution in [3.8, 4) is 0 Å². The minimum Gasteiger partial charge on any atom is -0.396 e. The van der Waals surface area contributed by atoms with Gasteiger partial charge in [0, 0.05) is 16.7 Å². The zero-order chi connectivity index (χ0) is 11.5. The Hall–Kier alpha value is -0.770. The van der Waals surface area contributed by atoms with Crippen LogP contribution in [0.2, 0.25) is 0 Å². The van der Waals surface area contributed by atoms with Crippen molar-refractivity contribution in [1.29, 1.82) is 0 Å². The lowest BCUT2D eigenvalue weighted by atomic mass is 10.1. The van der Waals surface area contributed by atoms with Gasteiger partial charge in [0.1, 0.15) is 5.82 Å². The Labute approximate surface area is 105 Å². The molecule has 3 N–H and O–H groups in total. The maximum atomic E-state index is 5.92. The average molecular weight is 284 g/mol. The van der Waals surface area contributed by atoms with Gasteiger partial charge in [0.25, 0.3) is 0 Å². The first-order chi connectivity index (χ1) is 7.69. The van der Waals surface area contributed by atoms with E-state index in [0.29, 0.717) is 11.7 Å².